The lowest BCUT2D eigenvalue weighted by molar-refractivity contribution is -0.127. The van der Waals surface area contributed by atoms with Crippen LogP contribution in [0.1, 0.15) is 50.4 Å². The van der Waals surface area contributed by atoms with E-state index in [1.54, 1.807) is 47.4 Å². The molecule has 3 heterocycles. The lowest BCUT2D eigenvalue weighted by Crippen LogP contribution is -2.44. The van der Waals surface area contributed by atoms with Gasteiger partial charge in [0.25, 0.3) is 17.7 Å². The zero-order chi connectivity index (χ0) is 30.0. The maximum Gasteiger partial charge on any atom is 0.275 e. The number of allylic oxidation sites excluding steroid dienone is 1. The van der Waals surface area contributed by atoms with Gasteiger partial charge in [-0.1, -0.05) is 18.2 Å². The summed E-state index contributed by atoms with van der Waals surface area (Å²) in [5.41, 5.74) is 1.83. The molecule has 0 spiro atoms. The molecule has 3 aromatic rings. The highest BCUT2D eigenvalue weighted by Crippen LogP contribution is 2.43. The van der Waals surface area contributed by atoms with Crippen LogP contribution in [-0.2, 0) is 4.79 Å². The van der Waals surface area contributed by atoms with Crippen molar-refractivity contribution in [1.29, 1.82) is 0 Å². The molecular formula is C32H34F2N4O3S. The van der Waals surface area contributed by atoms with Crippen LogP contribution in [0.5, 0.6) is 0 Å². The topological polar surface area (TPSA) is 73.0 Å². The van der Waals surface area contributed by atoms with Crippen LogP contribution in [0.25, 0.3) is 5.57 Å². The van der Waals surface area contributed by atoms with Crippen molar-refractivity contribution in [2.24, 2.45) is 0 Å². The number of carbonyl (C=O) groups excluding carboxylic acids is 3. The second-order valence-electron chi connectivity index (χ2n) is 11.0. The number of likely N-dealkylation sites (tertiary alicyclic amines) is 1. The molecule has 3 amide bonds. The highest BCUT2D eigenvalue weighted by molar-refractivity contribution is 7.12. The Morgan fingerprint density at radius 1 is 1.00 bits per heavy atom. The Balaban J connectivity index is 1.38. The van der Waals surface area contributed by atoms with Crippen molar-refractivity contribution < 1.29 is 23.2 Å². The number of anilines is 2. The van der Waals surface area contributed by atoms with Crippen molar-refractivity contribution in [2.75, 3.05) is 43.9 Å². The fraction of sp³-hybridized carbons (Fsp3) is 0.344. The summed E-state index contributed by atoms with van der Waals surface area (Å²) in [6.07, 6.45) is 2.01. The molecule has 5 rings (SSSR count). The van der Waals surface area contributed by atoms with Crippen LogP contribution < -0.4 is 10.2 Å². The molecule has 1 aromatic heterocycles. The molecule has 1 N–H and O–H groups in total. The zero-order valence-electron chi connectivity index (χ0n) is 23.9. The number of carbonyl (C=O) groups is 3. The van der Waals surface area contributed by atoms with Gasteiger partial charge in [-0.15, -0.1) is 11.3 Å². The van der Waals surface area contributed by atoms with Crippen molar-refractivity contribution in [3.8, 4) is 0 Å². The number of halogens is 2. The van der Waals surface area contributed by atoms with Gasteiger partial charge in [-0.25, -0.2) is 8.78 Å². The Kier molecular flexibility index (Phi) is 8.56. The number of nitrogens with one attached hydrogen (secondary N) is 1. The second kappa shape index (κ2) is 12.1. The Hall–Kier alpha value is -3.89. The normalized spacial score (nSPS) is 18.1. The highest BCUT2D eigenvalue weighted by Gasteiger charge is 2.42. The SMILES string of the molecule is Cc1ccsc1C(=O)Nc1ccc(C(=O)N2CCC(F)(F)/C(=C/C(=O)N3CCC(N(C)C)CC3)c3ccccc32)cc1. The molecule has 0 unspecified atom stereocenters. The van der Waals surface area contributed by atoms with Gasteiger partial charge in [0.2, 0.25) is 5.91 Å². The second-order valence-corrected chi connectivity index (χ2v) is 11.9. The Morgan fingerprint density at radius 3 is 2.33 bits per heavy atom. The number of rotatable bonds is 5. The molecule has 2 aliphatic heterocycles. The summed E-state index contributed by atoms with van der Waals surface area (Å²) in [7, 11) is 4.00. The molecule has 7 nitrogen and oxygen atoms in total. The summed E-state index contributed by atoms with van der Waals surface area (Å²) in [4.78, 5) is 45.1. The first kappa shape index (κ1) is 29.6. The van der Waals surface area contributed by atoms with E-state index >= 15 is 8.78 Å². The van der Waals surface area contributed by atoms with E-state index in [-0.39, 0.29) is 23.6 Å². The minimum absolute atomic E-state index is 0.167. The van der Waals surface area contributed by atoms with Crippen LogP contribution >= 0.6 is 11.3 Å². The molecule has 0 aliphatic carbocycles. The zero-order valence-corrected chi connectivity index (χ0v) is 24.7. The average molecular weight is 593 g/mol. The molecule has 42 heavy (non-hydrogen) atoms. The summed E-state index contributed by atoms with van der Waals surface area (Å²) in [6, 6.07) is 15.1. The average Bonchev–Trinajstić information content (AvgIpc) is 3.38. The van der Waals surface area contributed by atoms with Crippen molar-refractivity contribution >= 4 is 46.0 Å². The molecule has 1 saturated heterocycles. The van der Waals surface area contributed by atoms with Crippen molar-refractivity contribution in [1.82, 2.24) is 9.80 Å². The summed E-state index contributed by atoms with van der Waals surface area (Å²) in [5, 5.41) is 4.67. The number of hydrogen-bond acceptors (Lipinski definition) is 5. The van der Waals surface area contributed by atoms with Gasteiger partial charge in [-0.3, -0.25) is 14.4 Å². The number of benzene rings is 2. The fourth-order valence-electron chi connectivity index (χ4n) is 5.50. The summed E-state index contributed by atoms with van der Waals surface area (Å²) in [5.74, 6) is -4.42. The lowest BCUT2D eigenvalue weighted by Gasteiger charge is -2.35. The molecule has 1 fully saturated rings. The largest absolute Gasteiger partial charge is 0.339 e. The summed E-state index contributed by atoms with van der Waals surface area (Å²) >= 11 is 1.35. The monoisotopic (exact) mass is 592 g/mol. The number of hydrogen-bond donors (Lipinski definition) is 1. The molecule has 0 bridgehead atoms. The lowest BCUT2D eigenvalue weighted by atomic mass is 9.96. The third-order valence-electron chi connectivity index (χ3n) is 8.01. The van der Waals surface area contributed by atoms with Crippen LogP contribution in [0.15, 0.2) is 66.1 Å². The first-order valence-electron chi connectivity index (χ1n) is 14.0. The smallest absolute Gasteiger partial charge is 0.275 e. The highest BCUT2D eigenvalue weighted by atomic mass is 32.1. The van der Waals surface area contributed by atoms with E-state index in [4.69, 9.17) is 0 Å². The third-order valence-corrected chi connectivity index (χ3v) is 9.02. The first-order valence-corrected chi connectivity index (χ1v) is 14.9. The fourth-order valence-corrected chi connectivity index (χ4v) is 6.32. The maximum atomic E-state index is 15.6. The third kappa shape index (κ3) is 6.15. The van der Waals surface area contributed by atoms with Crippen LogP contribution in [-0.4, -0.2) is 73.2 Å². The number of aryl methyl sites for hydroxylation is 1. The van der Waals surface area contributed by atoms with Crippen molar-refractivity contribution in [3.05, 3.63) is 87.6 Å². The van der Waals surface area contributed by atoms with Gasteiger partial charge in [0.15, 0.2) is 0 Å². The van der Waals surface area contributed by atoms with E-state index in [1.165, 1.54) is 22.3 Å². The molecule has 2 aliphatic rings. The van der Waals surface area contributed by atoms with Crippen LogP contribution in [0.4, 0.5) is 20.2 Å². The molecule has 0 saturated carbocycles. The molecule has 2 aromatic carbocycles. The van der Waals surface area contributed by atoms with Crippen LogP contribution in [0.2, 0.25) is 0 Å². The van der Waals surface area contributed by atoms with Gasteiger partial charge < -0.3 is 20.0 Å². The van der Waals surface area contributed by atoms with Gasteiger partial charge in [-0.2, -0.15) is 0 Å². The van der Waals surface area contributed by atoms with E-state index in [0.717, 1.165) is 24.5 Å². The number of nitrogens with zero attached hydrogens (tertiary/aromatic N) is 3. The van der Waals surface area contributed by atoms with Crippen LogP contribution in [0, 0.1) is 6.92 Å². The number of para-hydroxylation sites is 1. The number of thiophene rings is 1. The molecule has 0 atom stereocenters. The van der Waals surface area contributed by atoms with Crippen LogP contribution in [0.3, 0.4) is 0 Å². The number of piperidine rings is 1. The summed E-state index contributed by atoms with van der Waals surface area (Å²) in [6.45, 7) is 2.65. The van der Waals surface area contributed by atoms with Gasteiger partial charge in [0.1, 0.15) is 0 Å². The summed E-state index contributed by atoms with van der Waals surface area (Å²) < 4.78 is 31.3. The Morgan fingerprint density at radius 2 is 1.69 bits per heavy atom. The van der Waals surface area contributed by atoms with E-state index in [1.807, 2.05) is 32.5 Å². The molecular weight excluding hydrogens is 558 g/mol. The molecule has 220 valence electrons. The van der Waals surface area contributed by atoms with Gasteiger partial charge in [0, 0.05) is 60.6 Å². The van der Waals surface area contributed by atoms with E-state index in [0.29, 0.717) is 40.9 Å². The molecule has 0 radical (unpaired) electrons. The Labute approximate surface area is 248 Å². The number of fused-ring (bicyclic) bond motifs is 1. The quantitative estimate of drug-likeness (QED) is 0.373. The van der Waals surface area contributed by atoms with Gasteiger partial charge >= 0.3 is 0 Å². The predicted molar refractivity (Wildman–Crippen MR) is 162 cm³/mol. The standard InChI is InChI=1S/C32H34F2N4O3S/c1-21-14-19-42-29(21)30(40)35-23-10-8-22(9-11-23)31(41)38-18-15-32(33,34)26(25-6-4-5-7-27(25)38)20-28(39)37-16-12-24(13-17-37)36(2)3/h4-11,14,19-20,24H,12-13,15-18H2,1-3H3,(H,35,40)/b26-20+. The van der Waals surface area contributed by atoms with Crippen molar-refractivity contribution in [3.63, 3.8) is 0 Å². The predicted octanol–water partition coefficient (Wildman–Crippen LogP) is 5.93. The Bertz CT molecular complexity index is 1510. The maximum absolute atomic E-state index is 15.6. The van der Waals surface area contributed by atoms with Gasteiger partial charge in [-0.05, 0) is 81.2 Å². The molecule has 10 heteroatoms. The number of amides is 3. The van der Waals surface area contributed by atoms with Crippen molar-refractivity contribution in [2.45, 2.75) is 38.2 Å². The first-order chi connectivity index (χ1) is 20.0. The number of alkyl halides is 2. The minimum atomic E-state index is -3.31. The van der Waals surface area contributed by atoms with E-state index < -0.39 is 24.2 Å². The van der Waals surface area contributed by atoms with Gasteiger partial charge in [0.05, 0.1) is 10.6 Å². The van der Waals surface area contributed by atoms with E-state index in [2.05, 4.69) is 10.2 Å². The minimum Gasteiger partial charge on any atom is -0.339 e. The van der Waals surface area contributed by atoms with E-state index in [9.17, 15) is 14.4 Å².